The highest BCUT2D eigenvalue weighted by Gasteiger charge is 2.22. The number of benzene rings is 2. The first kappa shape index (κ1) is 16.4. The van der Waals surface area contributed by atoms with Gasteiger partial charge in [0, 0.05) is 0 Å². The third-order valence-corrected chi connectivity index (χ3v) is 4.35. The SMILES string of the molecule is CCCC(C(=O)NC(C)c1ccc2c(c1)OCO2)c1ccccc1. The number of ether oxygens (including phenoxy) is 2. The molecule has 1 aliphatic heterocycles. The zero-order valence-corrected chi connectivity index (χ0v) is 14.1. The molecule has 0 fully saturated rings. The van der Waals surface area contributed by atoms with Gasteiger partial charge in [0.1, 0.15) is 0 Å². The second kappa shape index (κ2) is 7.39. The molecule has 1 N–H and O–H groups in total. The van der Waals surface area contributed by atoms with Gasteiger partial charge >= 0.3 is 0 Å². The van der Waals surface area contributed by atoms with Crippen molar-refractivity contribution in [2.45, 2.75) is 38.6 Å². The van der Waals surface area contributed by atoms with Crippen LogP contribution in [0.25, 0.3) is 0 Å². The maximum atomic E-state index is 12.8. The predicted molar refractivity (Wildman–Crippen MR) is 93.2 cm³/mol. The van der Waals surface area contributed by atoms with Crippen molar-refractivity contribution in [3.63, 3.8) is 0 Å². The van der Waals surface area contributed by atoms with Crippen molar-refractivity contribution in [3.8, 4) is 11.5 Å². The molecule has 2 aromatic rings. The van der Waals surface area contributed by atoms with Crippen LogP contribution in [-0.4, -0.2) is 12.7 Å². The number of carbonyl (C=O) groups is 1. The van der Waals surface area contributed by atoms with Crippen LogP contribution in [0, 0.1) is 0 Å². The van der Waals surface area contributed by atoms with Gasteiger partial charge in [0.05, 0.1) is 12.0 Å². The first-order valence-electron chi connectivity index (χ1n) is 8.44. The average Bonchev–Trinajstić information content (AvgIpc) is 3.08. The van der Waals surface area contributed by atoms with Crippen molar-refractivity contribution < 1.29 is 14.3 Å². The zero-order chi connectivity index (χ0) is 16.9. The molecule has 4 nitrogen and oxygen atoms in total. The summed E-state index contributed by atoms with van der Waals surface area (Å²) in [5, 5.41) is 3.14. The molecule has 4 heteroatoms. The van der Waals surface area contributed by atoms with E-state index in [9.17, 15) is 4.79 Å². The second-order valence-electron chi connectivity index (χ2n) is 6.09. The van der Waals surface area contributed by atoms with Gasteiger partial charge in [0.25, 0.3) is 0 Å². The Kier molecular flexibility index (Phi) is 5.04. The van der Waals surface area contributed by atoms with Crippen LogP contribution in [-0.2, 0) is 4.79 Å². The van der Waals surface area contributed by atoms with Crippen LogP contribution in [0.5, 0.6) is 11.5 Å². The molecule has 24 heavy (non-hydrogen) atoms. The molecule has 0 saturated carbocycles. The molecule has 0 radical (unpaired) electrons. The van der Waals surface area contributed by atoms with Crippen LogP contribution in [0.15, 0.2) is 48.5 Å². The molecule has 0 aromatic heterocycles. The van der Waals surface area contributed by atoms with Crippen LogP contribution in [0.4, 0.5) is 0 Å². The van der Waals surface area contributed by atoms with Crippen LogP contribution < -0.4 is 14.8 Å². The van der Waals surface area contributed by atoms with E-state index in [1.807, 2.05) is 55.5 Å². The van der Waals surface area contributed by atoms with Gasteiger partial charge in [0.15, 0.2) is 11.5 Å². The highest BCUT2D eigenvalue weighted by molar-refractivity contribution is 5.84. The minimum absolute atomic E-state index is 0.0632. The fourth-order valence-corrected chi connectivity index (χ4v) is 3.00. The largest absolute Gasteiger partial charge is 0.454 e. The number of amides is 1. The topological polar surface area (TPSA) is 47.6 Å². The second-order valence-corrected chi connectivity index (χ2v) is 6.09. The van der Waals surface area contributed by atoms with Crippen LogP contribution >= 0.6 is 0 Å². The molecule has 1 heterocycles. The zero-order valence-electron chi connectivity index (χ0n) is 14.1. The standard InChI is InChI=1S/C20H23NO3/c1-3-7-17(15-8-5-4-6-9-15)20(22)21-14(2)16-10-11-18-19(12-16)24-13-23-18/h4-6,8-12,14,17H,3,7,13H2,1-2H3,(H,21,22). The van der Waals surface area contributed by atoms with Gasteiger partial charge in [-0.25, -0.2) is 0 Å². The molecule has 1 aliphatic rings. The van der Waals surface area contributed by atoms with Gasteiger partial charge in [-0.05, 0) is 36.6 Å². The highest BCUT2D eigenvalue weighted by Crippen LogP contribution is 2.34. The van der Waals surface area contributed by atoms with Gasteiger partial charge < -0.3 is 14.8 Å². The molecule has 0 saturated heterocycles. The average molecular weight is 325 g/mol. The van der Waals surface area contributed by atoms with E-state index in [1.54, 1.807) is 0 Å². The Morgan fingerprint density at radius 1 is 1.08 bits per heavy atom. The van der Waals surface area contributed by atoms with E-state index in [1.165, 1.54) is 0 Å². The molecule has 3 rings (SSSR count). The first-order valence-corrected chi connectivity index (χ1v) is 8.44. The van der Waals surface area contributed by atoms with Crippen molar-refractivity contribution in [3.05, 3.63) is 59.7 Å². The minimum atomic E-state index is -0.118. The van der Waals surface area contributed by atoms with Gasteiger partial charge in [-0.15, -0.1) is 0 Å². The molecule has 0 aliphatic carbocycles. The smallest absolute Gasteiger partial charge is 0.231 e. The fraction of sp³-hybridized carbons (Fsp3) is 0.350. The van der Waals surface area contributed by atoms with E-state index in [0.717, 1.165) is 35.5 Å². The van der Waals surface area contributed by atoms with Gasteiger partial charge in [-0.3, -0.25) is 4.79 Å². The third-order valence-electron chi connectivity index (χ3n) is 4.35. The monoisotopic (exact) mass is 325 g/mol. The Morgan fingerprint density at radius 3 is 2.58 bits per heavy atom. The van der Waals surface area contributed by atoms with E-state index in [-0.39, 0.29) is 24.7 Å². The Labute approximate surface area is 142 Å². The Hall–Kier alpha value is -2.49. The number of carbonyl (C=O) groups excluding carboxylic acids is 1. The highest BCUT2D eigenvalue weighted by atomic mass is 16.7. The van der Waals surface area contributed by atoms with Gasteiger partial charge in [-0.1, -0.05) is 49.7 Å². The molecule has 2 aromatic carbocycles. The van der Waals surface area contributed by atoms with Crippen LogP contribution in [0.3, 0.4) is 0 Å². The Balaban J connectivity index is 1.72. The van der Waals surface area contributed by atoms with Crippen molar-refractivity contribution in [1.82, 2.24) is 5.32 Å². The van der Waals surface area contributed by atoms with Crippen molar-refractivity contribution in [2.24, 2.45) is 0 Å². The quantitative estimate of drug-likeness (QED) is 0.867. The summed E-state index contributed by atoms with van der Waals surface area (Å²) in [4.78, 5) is 12.8. The van der Waals surface area contributed by atoms with E-state index >= 15 is 0 Å². The molecule has 126 valence electrons. The summed E-state index contributed by atoms with van der Waals surface area (Å²) < 4.78 is 10.7. The van der Waals surface area contributed by atoms with Crippen LogP contribution in [0.2, 0.25) is 0 Å². The van der Waals surface area contributed by atoms with Crippen molar-refractivity contribution in [1.29, 1.82) is 0 Å². The lowest BCUT2D eigenvalue weighted by Crippen LogP contribution is -2.31. The minimum Gasteiger partial charge on any atom is -0.454 e. The number of hydrogen-bond acceptors (Lipinski definition) is 3. The summed E-state index contributed by atoms with van der Waals surface area (Å²) in [6, 6.07) is 15.7. The van der Waals surface area contributed by atoms with E-state index in [2.05, 4.69) is 12.2 Å². The summed E-state index contributed by atoms with van der Waals surface area (Å²) in [6.07, 6.45) is 1.80. The number of hydrogen-bond donors (Lipinski definition) is 1. The summed E-state index contributed by atoms with van der Waals surface area (Å²) in [5.74, 6) is 1.44. The number of nitrogens with one attached hydrogen (secondary N) is 1. The van der Waals surface area contributed by atoms with E-state index < -0.39 is 0 Å². The summed E-state index contributed by atoms with van der Waals surface area (Å²) >= 11 is 0. The summed E-state index contributed by atoms with van der Waals surface area (Å²) in [6.45, 7) is 4.35. The molecule has 2 atom stereocenters. The lowest BCUT2D eigenvalue weighted by atomic mass is 9.93. The molecule has 0 bridgehead atoms. The Morgan fingerprint density at radius 2 is 1.83 bits per heavy atom. The molecule has 2 unspecified atom stereocenters. The van der Waals surface area contributed by atoms with E-state index in [0.29, 0.717) is 0 Å². The molecule has 1 amide bonds. The number of rotatable bonds is 6. The van der Waals surface area contributed by atoms with Crippen molar-refractivity contribution in [2.75, 3.05) is 6.79 Å². The molecular formula is C20H23NO3. The summed E-state index contributed by atoms with van der Waals surface area (Å²) in [5.41, 5.74) is 2.07. The van der Waals surface area contributed by atoms with Crippen molar-refractivity contribution >= 4 is 5.91 Å². The van der Waals surface area contributed by atoms with Gasteiger partial charge in [-0.2, -0.15) is 0 Å². The first-order chi connectivity index (χ1) is 11.7. The Bertz CT molecular complexity index is 699. The molecule has 0 spiro atoms. The lowest BCUT2D eigenvalue weighted by molar-refractivity contribution is -0.123. The predicted octanol–water partition coefficient (Wildman–Crippen LogP) is 4.18. The fourth-order valence-electron chi connectivity index (χ4n) is 3.00. The molecular weight excluding hydrogens is 302 g/mol. The van der Waals surface area contributed by atoms with Gasteiger partial charge in [0.2, 0.25) is 12.7 Å². The van der Waals surface area contributed by atoms with Crippen LogP contribution in [0.1, 0.15) is 49.8 Å². The lowest BCUT2D eigenvalue weighted by Gasteiger charge is -2.21. The number of fused-ring (bicyclic) bond motifs is 1. The third kappa shape index (κ3) is 3.53. The normalized spacial score (nSPS) is 14.9. The summed E-state index contributed by atoms with van der Waals surface area (Å²) in [7, 11) is 0. The maximum absolute atomic E-state index is 12.8. The van der Waals surface area contributed by atoms with E-state index in [4.69, 9.17) is 9.47 Å². The maximum Gasteiger partial charge on any atom is 0.231 e.